The molecule has 0 aromatic heterocycles. The summed E-state index contributed by atoms with van der Waals surface area (Å²) >= 11 is 3.29. The van der Waals surface area contributed by atoms with E-state index >= 15 is 0 Å². The van der Waals surface area contributed by atoms with Gasteiger partial charge < -0.3 is 5.32 Å². The Morgan fingerprint density at radius 1 is 1.24 bits per heavy atom. The van der Waals surface area contributed by atoms with E-state index in [1.54, 1.807) is 36.4 Å². The number of anilines is 1. The molecule has 1 amide bonds. The molecule has 0 spiro atoms. The summed E-state index contributed by atoms with van der Waals surface area (Å²) < 4.78 is 14.3. The van der Waals surface area contributed by atoms with Crippen LogP contribution in [0.3, 0.4) is 0 Å². The van der Waals surface area contributed by atoms with Crippen LogP contribution in [-0.4, -0.2) is 5.91 Å². The first kappa shape index (κ1) is 14.9. The zero-order valence-electron chi connectivity index (χ0n) is 10.8. The van der Waals surface area contributed by atoms with E-state index in [2.05, 4.69) is 21.2 Å². The number of nitrogens with one attached hydrogen (secondary N) is 1. The van der Waals surface area contributed by atoms with Crippen LogP contribution in [0.1, 0.15) is 5.56 Å². The Kier molecular flexibility index (Phi) is 4.85. The monoisotopic (exact) mass is 344 g/mol. The molecule has 0 atom stereocenters. The van der Waals surface area contributed by atoms with Crippen LogP contribution >= 0.6 is 15.9 Å². The summed E-state index contributed by atoms with van der Waals surface area (Å²) in [6, 6.07) is 14.7. The molecule has 0 aliphatic heterocycles. The highest BCUT2D eigenvalue weighted by Gasteiger charge is 2.10. The molecule has 2 rings (SSSR count). The summed E-state index contributed by atoms with van der Waals surface area (Å²) in [6.07, 6.45) is 1.22. The molecule has 104 valence electrons. The van der Waals surface area contributed by atoms with Gasteiger partial charge in [-0.1, -0.05) is 40.2 Å². The number of amides is 1. The minimum Gasteiger partial charge on any atom is -0.321 e. The van der Waals surface area contributed by atoms with Crippen molar-refractivity contribution in [3.63, 3.8) is 0 Å². The molecule has 0 fully saturated rings. The zero-order chi connectivity index (χ0) is 15.2. The van der Waals surface area contributed by atoms with Gasteiger partial charge in [-0.2, -0.15) is 5.26 Å². The van der Waals surface area contributed by atoms with Gasteiger partial charge in [-0.3, -0.25) is 4.79 Å². The van der Waals surface area contributed by atoms with Gasteiger partial charge in [-0.25, -0.2) is 4.39 Å². The van der Waals surface area contributed by atoms with Crippen LogP contribution in [0.25, 0.3) is 6.08 Å². The Balaban J connectivity index is 2.24. The van der Waals surface area contributed by atoms with E-state index in [4.69, 9.17) is 5.26 Å². The van der Waals surface area contributed by atoms with Crippen LogP contribution in [0.5, 0.6) is 0 Å². The van der Waals surface area contributed by atoms with Crippen molar-refractivity contribution in [1.82, 2.24) is 0 Å². The van der Waals surface area contributed by atoms with Crippen molar-refractivity contribution in [2.24, 2.45) is 0 Å². The summed E-state index contributed by atoms with van der Waals surface area (Å²) in [5.74, 6) is -1.07. The lowest BCUT2D eigenvalue weighted by molar-refractivity contribution is -0.112. The predicted octanol–water partition coefficient (Wildman–Crippen LogP) is 4.13. The molecule has 0 aliphatic rings. The first-order valence-corrected chi connectivity index (χ1v) is 6.82. The van der Waals surface area contributed by atoms with Crippen LogP contribution in [-0.2, 0) is 4.79 Å². The van der Waals surface area contributed by atoms with E-state index in [9.17, 15) is 9.18 Å². The summed E-state index contributed by atoms with van der Waals surface area (Å²) in [7, 11) is 0. The van der Waals surface area contributed by atoms with E-state index in [1.807, 2.05) is 6.07 Å². The molecular weight excluding hydrogens is 335 g/mol. The molecule has 0 saturated carbocycles. The third-order valence-electron chi connectivity index (χ3n) is 2.65. The van der Waals surface area contributed by atoms with Gasteiger partial charge in [-0.05, 0) is 30.3 Å². The number of hydrogen-bond donors (Lipinski definition) is 1. The maximum atomic E-state index is 13.5. The highest BCUT2D eigenvalue weighted by molar-refractivity contribution is 9.10. The Morgan fingerprint density at radius 2 is 2.00 bits per heavy atom. The Hall–Kier alpha value is -2.45. The molecule has 5 heteroatoms. The molecule has 3 nitrogen and oxygen atoms in total. The van der Waals surface area contributed by atoms with Crippen molar-refractivity contribution in [1.29, 1.82) is 5.26 Å². The molecular formula is C16H10BrFN2O. The van der Waals surface area contributed by atoms with E-state index in [0.29, 0.717) is 5.69 Å². The maximum Gasteiger partial charge on any atom is 0.266 e. The standard InChI is InChI=1S/C16H10BrFN2O/c17-13-5-3-6-14(9-13)20-16(21)12(10-19)8-11-4-1-2-7-15(11)18/h1-9H,(H,20,21)/b12-8-. The maximum absolute atomic E-state index is 13.5. The molecule has 0 unspecified atom stereocenters. The fraction of sp³-hybridized carbons (Fsp3) is 0. The number of nitriles is 1. The summed E-state index contributed by atoms with van der Waals surface area (Å²) in [5, 5.41) is 11.7. The summed E-state index contributed by atoms with van der Waals surface area (Å²) in [6.45, 7) is 0. The topological polar surface area (TPSA) is 52.9 Å². The first-order chi connectivity index (χ1) is 10.1. The van der Waals surface area contributed by atoms with E-state index < -0.39 is 11.7 Å². The molecule has 21 heavy (non-hydrogen) atoms. The fourth-order valence-corrected chi connectivity index (χ4v) is 2.06. The molecule has 0 aliphatic carbocycles. The zero-order valence-corrected chi connectivity index (χ0v) is 12.4. The quantitative estimate of drug-likeness (QED) is 0.672. The highest BCUT2D eigenvalue weighted by Crippen LogP contribution is 2.17. The number of nitrogens with zero attached hydrogens (tertiary/aromatic N) is 1. The van der Waals surface area contributed by atoms with Crippen molar-refractivity contribution in [2.75, 3.05) is 5.32 Å². The molecule has 0 heterocycles. The average Bonchev–Trinajstić information content (AvgIpc) is 2.46. The number of hydrogen-bond acceptors (Lipinski definition) is 2. The molecule has 0 saturated heterocycles. The van der Waals surface area contributed by atoms with E-state index in [1.165, 1.54) is 18.2 Å². The Bertz CT molecular complexity index is 750. The lowest BCUT2D eigenvalue weighted by Gasteiger charge is -2.05. The SMILES string of the molecule is N#C/C(=C/c1ccccc1F)C(=O)Nc1cccc(Br)c1. The van der Waals surface area contributed by atoms with Gasteiger partial charge >= 0.3 is 0 Å². The Morgan fingerprint density at radius 3 is 2.67 bits per heavy atom. The van der Waals surface area contributed by atoms with E-state index in [0.717, 1.165) is 4.47 Å². The van der Waals surface area contributed by atoms with Crippen LogP contribution in [0.2, 0.25) is 0 Å². The van der Waals surface area contributed by atoms with Crippen LogP contribution in [0.15, 0.2) is 58.6 Å². The van der Waals surface area contributed by atoms with Crippen LogP contribution in [0, 0.1) is 17.1 Å². The van der Waals surface area contributed by atoms with Crippen molar-refractivity contribution >= 4 is 33.6 Å². The summed E-state index contributed by atoms with van der Waals surface area (Å²) in [5.41, 5.74) is 0.572. The fourth-order valence-electron chi connectivity index (χ4n) is 1.66. The smallest absolute Gasteiger partial charge is 0.266 e. The largest absolute Gasteiger partial charge is 0.321 e. The van der Waals surface area contributed by atoms with Crippen LogP contribution in [0.4, 0.5) is 10.1 Å². The third kappa shape index (κ3) is 4.01. The van der Waals surface area contributed by atoms with E-state index in [-0.39, 0.29) is 11.1 Å². The Labute approximate surface area is 129 Å². The second-order valence-corrected chi connectivity index (χ2v) is 5.07. The molecule has 2 aromatic carbocycles. The number of carbonyl (C=O) groups is 1. The minimum atomic E-state index is -0.584. The molecule has 0 bridgehead atoms. The van der Waals surface area contributed by atoms with Crippen molar-refractivity contribution in [3.05, 3.63) is 70.0 Å². The lowest BCUT2D eigenvalue weighted by Crippen LogP contribution is -2.13. The molecule has 0 radical (unpaired) electrons. The van der Waals surface area contributed by atoms with Gasteiger partial charge in [0.2, 0.25) is 0 Å². The van der Waals surface area contributed by atoms with Gasteiger partial charge in [-0.15, -0.1) is 0 Å². The number of carbonyl (C=O) groups excluding carboxylic acids is 1. The van der Waals surface area contributed by atoms with Gasteiger partial charge in [0.25, 0.3) is 5.91 Å². The number of benzene rings is 2. The number of halogens is 2. The minimum absolute atomic E-state index is 0.167. The van der Waals surface area contributed by atoms with Gasteiger partial charge in [0.15, 0.2) is 0 Å². The second kappa shape index (κ2) is 6.82. The summed E-state index contributed by atoms with van der Waals surface area (Å²) in [4.78, 5) is 12.0. The second-order valence-electron chi connectivity index (χ2n) is 4.16. The third-order valence-corrected chi connectivity index (χ3v) is 3.15. The average molecular weight is 345 g/mol. The van der Waals surface area contributed by atoms with Crippen molar-refractivity contribution in [2.45, 2.75) is 0 Å². The van der Waals surface area contributed by atoms with Gasteiger partial charge in [0.1, 0.15) is 17.5 Å². The normalized spacial score (nSPS) is 10.8. The number of rotatable bonds is 3. The molecule has 2 aromatic rings. The van der Waals surface area contributed by atoms with Gasteiger partial charge in [0.05, 0.1) is 0 Å². The van der Waals surface area contributed by atoms with Gasteiger partial charge in [0, 0.05) is 15.7 Å². The first-order valence-electron chi connectivity index (χ1n) is 6.03. The lowest BCUT2D eigenvalue weighted by atomic mass is 10.1. The van der Waals surface area contributed by atoms with Crippen molar-refractivity contribution in [3.8, 4) is 6.07 Å². The predicted molar refractivity (Wildman–Crippen MR) is 82.8 cm³/mol. The van der Waals surface area contributed by atoms with Crippen molar-refractivity contribution < 1.29 is 9.18 Å². The molecule has 1 N–H and O–H groups in total. The highest BCUT2D eigenvalue weighted by atomic mass is 79.9. The van der Waals surface area contributed by atoms with Crippen LogP contribution < -0.4 is 5.32 Å².